The molecule has 0 bridgehead atoms. The first-order valence-corrected chi connectivity index (χ1v) is 4.83. The highest BCUT2D eigenvalue weighted by molar-refractivity contribution is 5.72. The number of carbonyl (C=O) groups excluding carboxylic acids is 1. The van der Waals surface area contributed by atoms with Crippen LogP contribution in [0.3, 0.4) is 0 Å². The van der Waals surface area contributed by atoms with Crippen molar-refractivity contribution >= 4 is 12.1 Å². The molecule has 0 aliphatic heterocycles. The highest BCUT2D eigenvalue weighted by atomic mass is 16.1. The van der Waals surface area contributed by atoms with E-state index in [1.165, 1.54) is 6.33 Å². The zero-order valence-corrected chi connectivity index (χ0v) is 8.53. The molecular formula is C10H15N3O. The van der Waals surface area contributed by atoms with E-state index >= 15 is 0 Å². The summed E-state index contributed by atoms with van der Waals surface area (Å²) >= 11 is 0. The monoisotopic (exact) mass is 193 g/mol. The van der Waals surface area contributed by atoms with Gasteiger partial charge in [-0.25, -0.2) is 9.97 Å². The van der Waals surface area contributed by atoms with Crippen molar-refractivity contribution in [1.29, 1.82) is 0 Å². The minimum atomic E-state index is 0.407. The van der Waals surface area contributed by atoms with Crippen LogP contribution >= 0.6 is 0 Å². The minimum Gasteiger partial charge on any atom is -0.367 e. The topological polar surface area (TPSA) is 54.9 Å². The van der Waals surface area contributed by atoms with Crippen LogP contribution in [0.15, 0.2) is 12.4 Å². The van der Waals surface area contributed by atoms with Gasteiger partial charge in [-0.1, -0.05) is 13.8 Å². The van der Waals surface area contributed by atoms with E-state index in [-0.39, 0.29) is 0 Å². The Labute approximate surface area is 83.8 Å². The maximum atomic E-state index is 10.5. The first-order chi connectivity index (χ1) is 6.80. The normalized spacial score (nSPS) is 10.2. The number of aromatic nitrogens is 2. The second kappa shape index (κ2) is 5.32. The van der Waals surface area contributed by atoms with E-state index in [0.29, 0.717) is 11.7 Å². The van der Waals surface area contributed by atoms with Gasteiger partial charge in [-0.2, -0.15) is 0 Å². The van der Waals surface area contributed by atoms with Crippen LogP contribution < -0.4 is 5.32 Å². The average Bonchev–Trinajstić information content (AvgIpc) is 2.26. The molecule has 1 N–H and O–H groups in total. The molecule has 0 unspecified atom stereocenters. The zero-order chi connectivity index (χ0) is 10.4. The fraction of sp³-hybridized carbons (Fsp3) is 0.500. The number of anilines is 1. The van der Waals surface area contributed by atoms with Crippen LogP contribution in [-0.4, -0.2) is 22.3 Å². The Kier molecular flexibility index (Phi) is 4.04. The van der Waals surface area contributed by atoms with Crippen molar-refractivity contribution in [2.45, 2.75) is 32.7 Å². The standard InChI is InChI=1S/C10H15N3O/c1-3-8(4-2)13-10-5-9(6-14)11-7-12-10/h5-8H,3-4H2,1-2H3,(H,11,12,13). The molecule has 1 heterocycles. The Morgan fingerprint density at radius 3 is 2.71 bits per heavy atom. The van der Waals surface area contributed by atoms with Crippen molar-refractivity contribution in [3.05, 3.63) is 18.1 Å². The van der Waals surface area contributed by atoms with Crippen LogP contribution in [-0.2, 0) is 0 Å². The molecule has 4 nitrogen and oxygen atoms in total. The van der Waals surface area contributed by atoms with Gasteiger partial charge in [0.2, 0.25) is 0 Å². The van der Waals surface area contributed by atoms with E-state index in [0.717, 1.165) is 24.9 Å². The summed E-state index contributed by atoms with van der Waals surface area (Å²) in [5.74, 6) is 0.718. The van der Waals surface area contributed by atoms with Crippen molar-refractivity contribution in [1.82, 2.24) is 9.97 Å². The summed E-state index contributed by atoms with van der Waals surface area (Å²) in [4.78, 5) is 18.3. The van der Waals surface area contributed by atoms with Gasteiger partial charge in [0.1, 0.15) is 17.8 Å². The van der Waals surface area contributed by atoms with Gasteiger partial charge in [0.25, 0.3) is 0 Å². The summed E-state index contributed by atoms with van der Waals surface area (Å²) in [6, 6.07) is 2.06. The zero-order valence-electron chi connectivity index (χ0n) is 8.53. The summed E-state index contributed by atoms with van der Waals surface area (Å²) in [7, 11) is 0. The van der Waals surface area contributed by atoms with Crippen LogP contribution in [0.4, 0.5) is 5.82 Å². The third-order valence-electron chi connectivity index (χ3n) is 2.15. The second-order valence-electron chi connectivity index (χ2n) is 3.10. The predicted octanol–water partition coefficient (Wildman–Crippen LogP) is 1.89. The van der Waals surface area contributed by atoms with Gasteiger partial charge in [-0.05, 0) is 12.8 Å². The van der Waals surface area contributed by atoms with Crippen LogP contribution in [0.1, 0.15) is 37.2 Å². The van der Waals surface area contributed by atoms with Crippen molar-refractivity contribution in [3.8, 4) is 0 Å². The van der Waals surface area contributed by atoms with Crippen LogP contribution in [0, 0.1) is 0 Å². The van der Waals surface area contributed by atoms with Crippen LogP contribution in [0.5, 0.6) is 0 Å². The second-order valence-corrected chi connectivity index (χ2v) is 3.10. The Balaban J connectivity index is 2.70. The molecule has 0 fully saturated rings. The molecule has 0 aromatic carbocycles. The third-order valence-corrected chi connectivity index (χ3v) is 2.15. The maximum absolute atomic E-state index is 10.5. The molecule has 0 amide bonds. The van der Waals surface area contributed by atoms with Gasteiger partial charge in [-0.3, -0.25) is 4.79 Å². The van der Waals surface area contributed by atoms with Gasteiger partial charge in [-0.15, -0.1) is 0 Å². The number of hydrogen-bond acceptors (Lipinski definition) is 4. The molecule has 0 saturated heterocycles. The highest BCUT2D eigenvalue weighted by Gasteiger charge is 2.04. The average molecular weight is 193 g/mol. The Bertz CT molecular complexity index is 297. The highest BCUT2D eigenvalue weighted by Crippen LogP contribution is 2.08. The summed E-state index contributed by atoms with van der Waals surface area (Å²) in [5, 5.41) is 3.24. The van der Waals surface area contributed by atoms with E-state index in [2.05, 4.69) is 29.1 Å². The van der Waals surface area contributed by atoms with E-state index < -0.39 is 0 Å². The molecule has 14 heavy (non-hydrogen) atoms. The van der Waals surface area contributed by atoms with Crippen LogP contribution in [0.2, 0.25) is 0 Å². The number of hydrogen-bond donors (Lipinski definition) is 1. The Morgan fingerprint density at radius 2 is 2.14 bits per heavy atom. The largest absolute Gasteiger partial charge is 0.367 e. The molecule has 4 heteroatoms. The molecule has 76 valence electrons. The minimum absolute atomic E-state index is 0.407. The SMILES string of the molecule is CCC(CC)Nc1cc(C=O)ncn1. The van der Waals surface area contributed by atoms with Crippen molar-refractivity contribution in [3.63, 3.8) is 0 Å². The lowest BCUT2D eigenvalue weighted by Gasteiger charge is -2.14. The van der Waals surface area contributed by atoms with E-state index in [4.69, 9.17) is 0 Å². The summed E-state index contributed by atoms with van der Waals surface area (Å²) in [5.41, 5.74) is 0.411. The fourth-order valence-corrected chi connectivity index (χ4v) is 1.22. The molecule has 1 aromatic heterocycles. The predicted molar refractivity (Wildman–Crippen MR) is 55.4 cm³/mol. The molecule has 0 atom stereocenters. The third kappa shape index (κ3) is 2.80. The maximum Gasteiger partial charge on any atom is 0.168 e. The van der Waals surface area contributed by atoms with E-state index in [1.54, 1.807) is 6.07 Å². The lowest BCUT2D eigenvalue weighted by Crippen LogP contribution is -2.18. The number of aldehydes is 1. The molecule has 0 spiro atoms. The lowest BCUT2D eigenvalue weighted by atomic mass is 10.2. The van der Waals surface area contributed by atoms with Gasteiger partial charge in [0.05, 0.1) is 0 Å². The fourth-order valence-electron chi connectivity index (χ4n) is 1.22. The molecule has 0 aliphatic carbocycles. The molecular weight excluding hydrogens is 178 g/mol. The van der Waals surface area contributed by atoms with Gasteiger partial charge >= 0.3 is 0 Å². The summed E-state index contributed by atoms with van der Waals surface area (Å²) in [6.45, 7) is 4.23. The smallest absolute Gasteiger partial charge is 0.168 e. The van der Waals surface area contributed by atoms with Crippen molar-refractivity contribution in [2.24, 2.45) is 0 Å². The Hall–Kier alpha value is -1.45. The van der Waals surface area contributed by atoms with Gasteiger partial charge < -0.3 is 5.32 Å². The van der Waals surface area contributed by atoms with Gasteiger partial charge in [0.15, 0.2) is 6.29 Å². The number of carbonyl (C=O) groups is 1. The van der Waals surface area contributed by atoms with E-state index in [1.807, 2.05) is 0 Å². The van der Waals surface area contributed by atoms with Crippen molar-refractivity contribution in [2.75, 3.05) is 5.32 Å². The molecule has 0 saturated carbocycles. The summed E-state index contributed by atoms with van der Waals surface area (Å²) in [6.07, 6.45) is 4.20. The molecule has 0 radical (unpaired) electrons. The quantitative estimate of drug-likeness (QED) is 0.725. The summed E-state index contributed by atoms with van der Waals surface area (Å²) < 4.78 is 0. The van der Waals surface area contributed by atoms with Crippen LogP contribution in [0.25, 0.3) is 0 Å². The van der Waals surface area contributed by atoms with Gasteiger partial charge in [0, 0.05) is 12.1 Å². The molecule has 1 aromatic rings. The number of rotatable bonds is 5. The Morgan fingerprint density at radius 1 is 1.43 bits per heavy atom. The number of nitrogens with one attached hydrogen (secondary N) is 1. The lowest BCUT2D eigenvalue weighted by molar-refractivity contribution is 0.111. The first-order valence-electron chi connectivity index (χ1n) is 4.83. The van der Waals surface area contributed by atoms with E-state index in [9.17, 15) is 4.79 Å². The molecule has 0 aliphatic rings. The van der Waals surface area contributed by atoms with Crippen molar-refractivity contribution < 1.29 is 4.79 Å². The molecule has 1 rings (SSSR count). The number of nitrogens with zero attached hydrogens (tertiary/aromatic N) is 2. The first kappa shape index (κ1) is 10.6.